The molecule has 6 heteroatoms. The molecule has 2 aromatic rings. The average Bonchev–Trinajstić information content (AvgIpc) is 3.03. The second-order valence-corrected chi connectivity index (χ2v) is 6.91. The highest BCUT2D eigenvalue weighted by Gasteiger charge is 2.29. The van der Waals surface area contributed by atoms with E-state index < -0.39 is 0 Å². The monoisotopic (exact) mass is 369 g/mol. The zero-order chi connectivity index (χ0) is 14.1. The summed E-state index contributed by atoms with van der Waals surface area (Å²) >= 11 is 11.3. The number of nitrogens with zero attached hydrogens (tertiary/aromatic N) is 2. The standard InChI is InChI=1S/C14H13BrClN3S/c15-12-6-9(16)3-4-11(12)13-7-18-14(17)19(13)8-10-2-1-5-20-10/h1-6,13H,7-8H2,(H2,17,18). The fourth-order valence-corrected chi connectivity index (χ4v) is 3.98. The van der Waals surface area contributed by atoms with Gasteiger partial charge in [-0.1, -0.05) is 39.7 Å². The first kappa shape index (κ1) is 13.9. The fraction of sp³-hybridized carbons (Fsp3) is 0.214. The molecule has 1 unspecified atom stereocenters. The Bertz CT molecular complexity index is 642. The molecule has 0 bridgehead atoms. The summed E-state index contributed by atoms with van der Waals surface area (Å²) in [6.45, 7) is 1.46. The molecule has 20 heavy (non-hydrogen) atoms. The molecule has 1 aromatic heterocycles. The molecule has 0 radical (unpaired) electrons. The van der Waals surface area contributed by atoms with Crippen LogP contribution in [0, 0.1) is 0 Å². The number of aliphatic imine (C=N–C) groups is 1. The Kier molecular flexibility index (Phi) is 4.01. The first-order valence-electron chi connectivity index (χ1n) is 6.19. The van der Waals surface area contributed by atoms with Crippen LogP contribution in [0.4, 0.5) is 0 Å². The van der Waals surface area contributed by atoms with Crippen LogP contribution in [0.3, 0.4) is 0 Å². The maximum Gasteiger partial charge on any atom is 0.192 e. The number of halogens is 2. The van der Waals surface area contributed by atoms with Crippen molar-refractivity contribution in [2.75, 3.05) is 6.54 Å². The highest BCUT2D eigenvalue weighted by atomic mass is 79.9. The molecule has 2 N–H and O–H groups in total. The van der Waals surface area contributed by atoms with E-state index >= 15 is 0 Å². The predicted octanol–water partition coefficient (Wildman–Crippen LogP) is 4.04. The maximum absolute atomic E-state index is 6.04. The summed E-state index contributed by atoms with van der Waals surface area (Å²) < 4.78 is 0.996. The number of hydrogen-bond donors (Lipinski definition) is 1. The zero-order valence-electron chi connectivity index (χ0n) is 10.6. The van der Waals surface area contributed by atoms with Gasteiger partial charge < -0.3 is 10.6 Å². The summed E-state index contributed by atoms with van der Waals surface area (Å²) in [4.78, 5) is 7.81. The minimum Gasteiger partial charge on any atom is -0.370 e. The van der Waals surface area contributed by atoms with Crippen molar-refractivity contribution in [1.29, 1.82) is 0 Å². The quantitative estimate of drug-likeness (QED) is 0.886. The van der Waals surface area contributed by atoms with Crippen molar-refractivity contribution in [3.8, 4) is 0 Å². The summed E-state index contributed by atoms with van der Waals surface area (Å²) in [5, 5.41) is 2.80. The van der Waals surface area contributed by atoms with Gasteiger partial charge >= 0.3 is 0 Å². The van der Waals surface area contributed by atoms with E-state index in [1.54, 1.807) is 11.3 Å². The molecule has 3 rings (SSSR count). The zero-order valence-corrected chi connectivity index (χ0v) is 13.8. The number of guanidine groups is 1. The van der Waals surface area contributed by atoms with E-state index in [0.29, 0.717) is 12.5 Å². The summed E-state index contributed by atoms with van der Waals surface area (Å²) in [5.74, 6) is 0.602. The van der Waals surface area contributed by atoms with Crippen LogP contribution in [-0.2, 0) is 6.54 Å². The van der Waals surface area contributed by atoms with E-state index in [4.69, 9.17) is 17.3 Å². The van der Waals surface area contributed by atoms with Gasteiger partial charge in [-0.15, -0.1) is 11.3 Å². The molecule has 0 saturated carbocycles. The van der Waals surface area contributed by atoms with Gasteiger partial charge in [0.05, 0.1) is 19.1 Å². The van der Waals surface area contributed by atoms with Gasteiger partial charge in [0, 0.05) is 14.4 Å². The van der Waals surface area contributed by atoms with Crippen LogP contribution < -0.4 is 5.73 Å². The molecule has 0 amide bonds. The molecule has 3 nitrogen and oxygen atoms in total. The minimum absolute atomic E-state index is 0.156. The van der Waals surface area contributed by atoms with Crippen molar-refractivity contribution < 1.29 is 0 Å². The number of rotatable bonds is 3. The van der Waals surface area contributed by atoms with Crippen LogP contribution in [-0.4, -0.2) is 17.4 Å². The molecule has 0 saturated heterocycles. The molecule has 1 atom stereocenters. The molecule has 104 valence electrons. The van der Waals surface area contributed by atoms with Gasteiger partial charge in [-0.2, -0.15) is 0 Å². The lowest BCUT2D eigenvalue weighted by Crippen LogP contribution is -2.35. The molecule has 1 aromatic carbocycles. The van der Waals surface area contributed by atoms with Gasteiger partial charge in [-0.3, -0.25) is 4.99 Å². The van der Waals surface area contributed by atoms with Crippen molar-refractivity contribution in [3.63, 3.8) is 0 Å². The SMILES string of the molecule is NC1=NCC(c2ccc(Cl)cc2Br)N1Cc1cccs1. The minimum atomic E-state index is 0.156. The van der Waals surface area contributed by atoms with Gasteiger partial charge in [0.1, 0.15) is 0 Å². The van der Waals surface area contributed by atoms with Crippen molar-refractivity contribution in [1.82, 2.24) is 4.90 Å². The van der Waals surface area contributed by atoms with E-state index in [2.05, 4.69) is 43.3 Å². The van der Waals surface area contributed by atoms with Crippen LogP contribution in [0.5, 0.6) is 0 Å². The Balaban J connectivity index is 1.88. The largest absolute Gasteiger partial charge is 0.370 e. The number of nitrogens with two attached hydrogens (primary N) is 1. The normalized spacial score (nSPS) is 18.4. The van der Waals surface area contributed by atoms with E-state index in [9.17, 15) is 0 Å². The van der Waals surface area contributed by atoms with Crippen LogP contribution in [0.25, 0.3) is 0 Å². The Morgan fingerprint density at radius 3 is 3.00 bits per heavy atom. The molecular formula is C14H13BrClN3S. The number of hydrogen-bond acceptors (Lipinski definition) is 4. The first-order valence-corrected chi connectivity index (χ1v) is 8.24. The molecule has 1 aliphatic heterocycles. The van der Waals surface area contributed by atoms with Crippen molar-refractivity contribution in [3.05, 3.63) is 55.6 Å². The second-order valence-electron chi connectivity index (χ2n) is 4.59. The smallest absolute Gasteiger partial charge is 0.192 e. The van der Waals surface area contributed by atoms with Crippen LogP contribution in [0.15, 0.2) is 45.2 Å². The van der Waals surface area contributed by atoms with E-state index in [-0.39, 0.29) is 6.04 Å². The second kappa shape index (κ2) is 5.76. The highest BCUT2D eigenvalue weighted by Crippen LogP contribution is 2.34. The van der Waals surface area contributed by atoms with Crippen molar-refractivity contribution in [2.45, 2.75) is 12.6 Å². The van der Waals surface area contributed by atoms with Crippen molar-refractivity contribution in [2.24, 2.45) is 10.7 Å². The van der Waals surface area contributed by atoms with Crippen LogP contribution >= 0.6 is 38.9 Å². The van der Waals surface area contributed by atoms with Gasteiger partial charge in [0.2, 0.25) is 0 Å². The lowest BCUT2D eigenvalue weighted by Gasteiger charge is -2.26. The predicted molar refractivity (Wildman–Crippen MR) is 88.2 cm³/mol. The van der Waals surface area contributed by atoms with E-state index in [0.717, 1.165) is 21.6 Å². The van der Waals surface area contributed by atoms with Gasteiger partial charge in [-0.05, 0) is 29.1 Å². The lowest BCUT2D eigenvalue weighted by molar-refractivity contribution is 0.342. The molecule has 0 spiro atoms. The molecule has 0 aliphatic carbocycles. The Labute approximate surface area is 135 Å². The third-order valence-corrected chi connectivity index (χ3v) is 5.11. The Morgan fingerprint density at radius 2 is 2.30 bits per heavy atom. The highest BCUT2D eigenvalue weighted by molar-refractivity contribution is 9.10. The number of benzene rings is 1. The Morgan fingerprint density at radius 1 is 1.45 bits per heavy atom. The summed E-state index contributed by atoms with van der Waals surface area (Å²) in [6, 6.07) is 10.2. The van der Waals surface area contributed by atoms with Gasteiger partial charge in [0.15, 0.2) is 5.96 Å². The average molecular weight is 371 g/mol. The summed E-state index contributed by atoms with van der Waals surface area (Å²) in [7, 11) is 0. The van der Waals surface area contributed by atoms with E-state index in [1.807, 2.05) is 18.2 Å². The third-order valence-electron chi connectivity index (χ3n) is 3.32. The third kappa shape index (κ3) is 2.71. The van der Waals surface area contributed by atoms with Crippen molar-refractivity contribution >= 4 is 44.8 Å². The summed E-state index contributed by atoms with van der Waals surface area (Å²) in [6.07, 6.45) is 0. The molecule has 0 fully saturated rings. The van der Waals surface area contributed by atoms with E-state index in [1.165, 1.54) is 4.88 Å². The topological polar surface area (TPSA) is 41.6 Å². The van der Waals surface area contributed by atoms with Gasteiger partial charge in [0.25, 0.3) is 0 Å². The molecule has 1 aliphatic rings. The summed E-state index contributed by atoms with van der Waals surface area (Å²) in [5.41, 5.74) is 7.20. The number of thiophene rings is 1. The molecule has 2 heterocycles. The maximum atomic E-state index is 6.04. The Hall–Kier alpha value is -1.04. The van der Waals surface area contributed by atoms with Crippen LogP contribution in [0.1, 0.15) is 16.5 Å². The van der Waals surface area contributed by atoms with Crippen LogP contribution in [0.2, 0.25) is 5.02 Å². The fourth-order valence-electron chi connectivity index (χ4n) is 2.33. The molecular weight excluding hydrogens is 358 g/mol. The first-order chi connectivity index (χ1) is 9.65. The van der Waals surface area contributed by atoms with Gasteiger partial charge in [-0.25, -0.2) is 0 Å². The lowest BCUT2D eigenvalue weighted by atomic mass is 10.1.